The van der Waals surface area contributed by atoms with Gasteiger partial charge < -0.3 is 9.30 Å². The fraction of sp³-hybridized carbons (Fsp3) is 0.133. The molecule has 3 aromatic rings. The van der Waals surface area contributed by atoms with Crippen molar-refractivity contribution in [2.45, 2.75) is 6.54 Å². The summed E-state index contributed by atoms with van der Waals surface area (Å²) in [6.45, 7) is 0.297. The molecule has 0 bridgehead atoms. The fourth-order valence-corrected chi connectivity index (χ4v) is 2.24. The number of nitrogens with zero attached hydrogens (tertiary/aromatic N) is 3. The van der Waals surface area contributed by atoms with E-state index in [4.69, 9.17) is 4.74 Å². The summed E-state index contributed by atoms with van der Waals surface area (Å²) < 4.78 is 7.82. The quantitative estimate of drug-likeness (QED) is 0.680. The van der Waals surface area contributed by atoms with Gasteiger partial charge in [-0.1, -0.05) is 18.2 Å². The first kappa shape index (κ1) is 13.1. The Morgan fingerprint density at radius 2 is 2.05 bits per heavy atom. The van der Waals surface area contributed by atoms with Crippen LogP contribution in [-0.4, -0.2) is 27.3 Å². The minimum absolute atomic E-state index is 0.158. The monoisotopic (exact) mass is 283 g/mol. The SMILES string of the molecule is COC(=O)c1ccccc1Cn1ccn2nccc2c1=O. The van der Waals surface area contributed by atoms with Gasteiger partial charge in [0.15, 0.2) is 0 Å². The molecular formula is C15H13N3O3. The zero-order valence-corrected chi connectivity index (χ0v) is 11.4. The number of esters is 1. The third-order valence-electron chi connectivity index (χ3n) is 3.30. The van der Waals surface area contributed by atoms with Gasteiger partial charge in [-0.15, -0.1) is 0 Å². The maximum absolute atomic E-state index is 12.3. The van der Waals surface area contributed by atoms with Crippen LogP contribution in [0.2, 0.25) is 0 Å². The fourth-order valence-electron chi connectivity index (χ4n) is 2.24. The molecule has 3 rings (SSSR count). The predicted octanol–water partition coefficient (Wildman–Crippen LogP) is 1.33. The molecule has 1 aromatic carbocycles. The number of ether oxygens (including phenoxy) is 1. The van der Waals surface area contributed by atoms with E-state index in [9.17, 15) is 9.59 Å². The van der Waals surface area contributed by atoms with Crippen molar-refractivity contribution in [2.24, 2.45) is 0 Å². The van der Waals surface area contributed by atoms with Crippen molar-refractivity contribution < 1.29 is 9.53 Å². The van der Waals surface area contributed by atoms with Crippen molar-refractivity contribution in [1.82, 2.24) is 14.2 Å². The largest absolute Gasteiger partial charge is 0.465 e. The van der Waals surface area contributed by atoms with Crippen LogP contribution >= 0.6 is 0 Å². The molecule has 6 heteroatoms. The Balaban J connectivity index is 2.05. The van der Waals surface area contributed by atoms with Crippen LogP contribution in [0, 0.1) is 0 Å². The lowest BCUT2D eigenvalue weighted by Crippen LogP contribution is -2.22. The van der Waals surface area contributed by atoms with Gasteiger partial charge in [0.05, 0.1) is 25.4 Å². The van der Waals surface area contributed by atoms with Crippen molar-refractivity contribution in [3.8, 4) is 0 Å². The number of aromatic nitrogens is 3. The lowest BCUT2D eigenvalue weighted by atomic mass is 10.1. The molecule has 0 amide bonds. The molecule has 6 nitrogen and oxygen atoms in total. The summed E-state index contributed by atoms with van der Waals surface area (Å²) in [5, 5.41) is 4.02. The predicted molar refractivity (Wildman–Crippen MR) is 76.3 cm³/mol. The van der Waals surface area contributed by atoms with Gasteiger partial charge in [0, 0.05) is 12.4 Å². The average molecular weight is 283 g/mol. The van der Waals surface area contributed by atoms with Gasteiger partial charge in [0.1, 0.15) is 5.52 Å². The molecule has 0 fully saturated rings. The highest BCUT2D eigenvalue weighted by molar-refractivity contribution is 5.90. The summed E-state index contributed by atoms with van der Waals surface area (Å²) in [6.07, 6.45) is 4.93. The van der Waals surface area contributed by atoms with Crippen LogP contribution < -0.4 is 5.56 Å². The summed E-state index contributed by atoms with van der Waals surface area (Å²) in [5.41, 5.74) is 1.53. The van der Waals surface area contributed by atoms with Gasteiger partial charge >= 0.3 is 5.97 Å². The van der Waals surface area contributed by atoms with E-state index in [0.29, 0.717) is 17.6 Å². The molecule has 0 aliphatic rings. The highest BCUT2D eigenvalue weighted by Crippen LogP contribution is 2.11. The first-order valence-electron chi connectivity index (χ1n) is 6.39. The lowest BCUT2D eigenvalue weighted by Gasteiger charge is -2.10. The van der Waals surface area contributed by atoms with Crippen LogP contribution in [0.4, 0.5) is 0 Å². The molecule has 0 spiro atoms. The van der Waals surface area contributed by atoms with Crippen LogP contribution in [0.1, 0.15) is 15.9 Å². The molecule has 0 atom stereocenters. The zero-order chi connectivity index (χ0) is 14.8. The van der Waals surface area contributed by atoms with E-state index >= 15 is 0 Å². The third-order valence-corrected chi connectivity index (χ3v) is 3.30. The summed E-state index contributed by atoms with van der Waals surface area (Å²) in [4.78, 5) is 24.1. The number of rotatable bonds is 3. The Labute approximate surface area is 120 Å². The molecule has 0 N–H and O–H groups in total. The minimum Gasteiger partial charge on any atom is -0.465 e. The van der Waals surface area contributed by atoms with Gasteiger partial charge in [0.2, 0.25) is 0 Å². The molecule has 0 aliphatic heterocycles. The maximum atomic E-state index is 12.3. The first-order valence-corrected chi connectivity index (χ1v) is 6.39. The number of benzene rings is 1. The van der Waals surface area contributed by atoms with E-state index in [-0.39, 0.29) is 5.56 Å². The molecule has 0 unspecified atom stereocenters. The van der Waals surface area contributed by atoms with E-state index in [1.54, 1.807) is 47.4 Å². The molecule has 0 aliphatic carbocycles. The lowest BCUT2D eigenvalue weighted by molar-refractivity contribution is 0.0599. The van der Waals surface area contributed by atoms with Crippen molar-refractivity contribution >= 4 is 11.5 Å². The minimum atomic E-state index is -0.413. The van der Waals surface area contributed by atoms with Gasteiger partial charge in [-0.3, -0.25) is 4.79 Å². The second-order valence-electron chi connectivity index (χ2n) is 4.54. The molecule has 21 heavy (non-hydrogen) atoms. The van der Waals surface area contributed by atoms with Crippen molar-refractivity contribution in [3.05, 3.63) is 70.4 Å². The molecule has 0 radical (unpaired) electrons. The van der Waals surface area contributed by atoms with Gasteiger partial charge in [0.25, 0.3) is 5.56 Å². The van der Waals surface area contributed by atoms with Gasteiger partial charge in [-0.2, -0.15) is 5.10 Å². The molecule has 106 valence electrons. The van der Waals surface area contributed by atoms with E-state index in [1.165, 1.54) is 11.6 Å². The Kier molecular flexibility index (Phi) is 3.27. The van der Waals surface area contributed by atoms with Gasteiger partial charge in [-0.25, -0.2) is 9.31 Å². The molecule has 0 saturated heterocycles. The van der Waals surface area contributed by atoms with E-state index in [1.807, 2.05) is 6.07 Å². The summed E-state index contributed by atoms with van der Waals surface area (Å²) in [5.74, 6) is -0.413. The van der Waals surface area contributed by atoms with Crippen LogP contribution in [0.5, 0.6) is 0 Å². The topological polar surface area (TPSA) is 65.6 Å². The molecule has 2 heterocycles. The van der Waals surface area contributed by atoms with E-state index in [0.717, 1.165) is 5.56 Å². The normalized spacial score (nSPS) is 10.7. The maximum Gasteiger partial charge on any atom is 0.338 e. The average Bonchev–Trinajstić information content (AvgIpc) is 2.99. The number of fused-ring (bicyclic) bond motifs is 1. The number of hydrogen-bond donors (Lipinski definition) is 0. The van der Waals surface area contributed by atoms with Crippen molar-refractivity contribution in [2.75, 3.05) is 7.11 Å². The summed E-state index contributed by atoms with van der Waals surface area (Å²) >= 11 is 0. The number of methoxy groups -OCH3 is 1. The Hall–Kier alpha value is -2.89. The standard InChI is InChI=1S/C15H13N3O3/c1-21-15(20)12-5-3-2-4-11(12)10-17-8-9-18-13(14(17)19)6-7-16-18/h2-9H,10H2,1H3. The summed E-state index contributed by atoms with van der Waals surface area (Å²) in [6, 6.07) is 8.73. The van der Waals surface area contributed by atoms with Gasteiger partial charge in [-0.05, 0) is 17.7 Å². The van der Waals surface area contributed by atoms with Crippen molar-refractivity contribution in [3.63, 3.8) is 0 Å². The van der Waals surface area contributed by atoms with E-state index < -0.39 is 5.97 Å². The second-order valence-corrected chi connectivity index (χ2v) is 4.54. The highest BCUT2D eigenvalue weighted by atomic mass is 16.5. The number of carbonyl (C=O) groups excluding carboxylic acids is 1. The van der Waals surface area contributed by atoms with Crippen LogP contribution in [0.25, 0.3) is 5.52 Å². The van der Waals surface area contributed by atoms with Crippen LogP contribution in [-0.2, 0) is 11.3 Å². The van der Waals surface area contributed by atoms with Crippen LogP contribution in [0.15, 0.2) is 53.7 Å². The summed E-state index contributed by atoms with van der Waals surface area (Å²) in [7, 11) is 1.34. The highest BCUT2D eigenvalue weighted by Gasteiger charge is 2.12. The zero-order valence-electron chi connectivity index (χ0n) is 11.4. The molecular weight excluding hydrogens is 270 g/mol. The molecule has 0 saturated carbocycles. The van der Waals surface area contributed by atoms with Crippen molar-refractivity contribution in [1.29, 1.82) is 0 Å². The third kappa shape index (κ3) is 2.31. The Morgan fingerprint density at radius 3 is 2.86 bits per heavy atom. The number of hydrogen-bond acceptors (Lipinski definition) is 4. The Morgan fingerprint density at radius 1 is 1.24 bits per heavy atom. The number of carbonyl (C=O) groups is 1. The van der Waals surface area contributed by atoms with E-state index in [2.05, 4.69) is 5.10 Å². The Bertz CT molecular complexity index is 864. The molecule has 2 aromatic heterocycles. The second kappa shape index (κ2) is 5.24. The van der Waals surface area contributed by atoms with Crippen LogP contribution in [0.3, 0.4) is 0 Å². The smallest absolute Gasteiger partial charge is 0.338 e. The first-order chi connectivity index (χ1) is 10.2.